The normalized spacial score (nSPS) is 10.7. The fourth-order valence-electron chi connectivity index (χ4n) is 2.56. The summed E-state index contributed by atoms with van der Waals surface area (Å²) >= 11 is 0. The third kappa shape index (κ3) is 3.17. The minimum Gasteiger partial charge on any atom is -0.425 e. The smallest absolute Gasteiger partial charge is 0.298 e. The molecule has 0 atom stereocenters. The molecule has 9 heteroatoms. The van der Waals surface area contributed by atoms with Crippen LogP contribution in [0.4, 0.5) is 15.9 Å². The highest BCUT2D eigenvalue weighted by Crippen LogP contribution is 2.28. The van der Waals surface area contributed by atoms with Crippen molar-refractivity contribution in [3.63, 3.8) is 0 Å². The van der Waals surface area contributed by atoms with Gasteiger partial charge >= 0.3 is 0 Å². The molecule has 1 N–H and O–H groups in total. The zero-order valence-corrected chi connectivity index (χ0v) is 14.1. The van der Waals surface area contributed by atoms with Gasteiger partial charge in [0.1, 0.15) is 17.0 Å². The van der Waals surface area contributed by atoms with E-state index >= 15 is 0 Å². The van der Waals surface area contributed by atoms with Gasteiger partial charge in [-0.3, -0.25) is 9.78 Å². The fraction of sp³-hybridized carbons (Fsp3) is 0.0556. The zero-order valence-electron chi connectivity index (χ0n) is 14.1. The van der Waals surface area contributed by atoms with E-state index in [2.05, 4.69) is 25.4 Å². The standard InChI is InChI=1S/C18H13FN6O2/c1-11-12(19)4-5-14(21-11)17-23-18(15-3-2-8-25(15)24-17)22-13-6-7-20-9-16(13)27-10-26/h2-10H,1H3,(H,20,22,23,24). The van der Waals surface area contributed by atoms with Crippen LogP contribution in [-0.2, 0) is 4.79 Å². The van der Waals surface area contributed by atoms with Crippen LogP contribution in [0.2, 0.25) is 0 Å². The van der Waals surface area contributed by atoms with Crippen LogP contribution in [0, 0.1) is 12.7 Å². The number of carbonyl (C=O) groups excluding carboxylic acids is 1. The third-order valence-corrected chi connectivity index (χ3v) is 3.85. The van der Waals surface area contributed by atoms with E-state index in [0.29, 0.717) is 35.0 Å². The van der Waals surface area contributed by atoms with Gasteiger partial charge in [0.05, 0.1) is 17.6 Å². The Morgan fingerprint density at radius 3 is 2.93 bits per heavy atom. The number of fused-ring (bicyclic) bond motifs is 1. The number of ether oxygens (including phenoxy) is 1. The highest BCUT2D eigenvalue weighted by atomic mass is 19.1. The number of pyridine rings is 2. The molecule has 0 fully saturated rings. The summed E-state index contributed by atoms with van der Waals surface area (Å²) in [5, 5.41) is 7.54. The predicted molar refractivity (Wildman–Crippen MR) is 95.1 cm³/mol. The highest BCUT2D eigenvalue weighted by molar-refractivity contribution is 5.77. The van der Waals surface area contributed by atoms with Crippen molar-refractivity contribution in [2.24, 2.45) is 0 Å². The van der Waals surface area contributed by atoms with Crippen LogP contribution in [0.5, 0.6) is 5.75 Å². The first kappa shape index (κ1) is 16.6. The molecule has 4 aromatic rings. The number of nitrogens with one attached hydrogen (secondary N) is 1. The maximum absolute atomic E-state index is 13.5. The summed E-state index contributed by atoms with van der Waals surface area (Å²) in [5.74, 6) is 0.645. The molecule has 27 heavy (non-hydrogen) atoms. The molecule has 0 bridgehead atoms. The molecule has 4 aromatic heterocycles. The van der Waals surface area contributed by atoms with Gasteiger partial charge in [-0.05, 0) is 37.3 Å². The Bertz CT molecular complexity index is 1140. The van der Waals surface area contributed by atoms with Crippen molar-refractivity contribution in [1.82, 2.24) is 24.6 Å². The number of aromatic nitrogens is 5. The summed E-state index contributed by atoms with van der Waals surface area (Å²) < 4.78 is 20.1. The Labute approximate surface area is 152 Å². The first-order valence-electron chi connectivity index (χ1n) is 7.96. The summed E-state index contributed by atoms with van der Waals surface area (Å²) in [7, 11) is 0. The SMILES string of the molecule is Cc1nc(-c2nc(Nc3ccncc3OC=O)c3cccn3n2)ccc1F. The van der Waals surface area contributed by atoms with E-state index in [4.69, 9.17) is 4.74 Å². The van der Waals surface area contributed by atoms with Crippen LogP contribution >= 0.6 is 0 Å². The second-order valence-electron chi connectivity index (χ2n) is 5.60. The lowest BCUT2D eigenvalue weighted by atomic mass is 10.3. The molecule has 0 radical (unpaired) electrons. The topological polar surface area (TPSA) is 94.3 Å². The van der Waals surface area contributed by atoms with E-state index in [-0.39, 0.29) is 11.4 Å². The maximum atomic E-state index is 13.5. The van der Waals surface area contributed by atoms with Gasteiger partial charge < -0.3 is 10.1 Å². The quantitative estimate of drug-likeness (QED) is 0.544. The Balaban J connectivity index is 1.82. The van der Waals surface area contributed by atoms with E-state index in [1.54, 1.807) is 29.9 Å². The lowest BCUT2D eigenvalue weighted by molar-refractivity contribution is -0.120. The van der Waals surface area contributed by atoms with Crippen LogP contribution in [0.1, 0.15) is 5.69 Å². The molecule has 0 aliphatic carbocycles. The molecule has 0 unspecified atom stereocenters. The molecule has 0 saturated carbocycles. The lowest BCUT2D eigenvalue weighted by Gasteiger charge is -2.11. The van der Waals surface area contributed by atoms with Gasteiger partial charge in [-0.15, -0.1) is 5.10 Å². The Hall–Kier alpha value is -3.88. The molecule has 4 rings (SSSR count). The number of hydrogen-bond acceptors (Lipinski definition) is 7. The van der Waals surface area contributed by atoms with Crippen molar-refractivity contribution in [2.75, 3.05) is 5.32 Å². The van der Waals surface area contributed by atoms with Gasteiger partial charge in [0.15, 0.2) is 11.6 Å². The van der Waals surface area contributed by atoms with Crippen molar-refractivity contribution < 1.29 is 13.9 Å². The van der Waals surface area contributed by atoms with Crippen molar-refractivity contribution in [3.05, 3.63) is 60.4 Å². The van der Waals surface area contributed by atoms with Crippen molar-refractivity contribution in [3.8, 4) is 17.3 Å². The second kappa shape index (κ2) is 6.79. The minimum absolute atomic E-state index is 0.258. The fourth-order valence-corrected chi connectivity index (χ4v) is 2.56. The van der Waals surface area contributed by atoms with Gasteiger partial charge in [0.2, 0.25) is 5.82 Å². The molecule has 0 aromatic carbocycles. The van der Waals surface area contributed by atoms with Crippen molar-refractivity contribution >= 4 is 23.5 Å². The van der Waals surface area contributed by atoms with Crippen LogP contribution in [0.25, 0.3) is 17.0 Å². The summed E-state index contributed by atoms with van der Waals surface area (Å²) in [6, 6.07) is 8.14. The van der Waals surface area contributed by atoms with Crippen LogP contribution in [-0.4, -0.2) is 31.0 Å². The Morgan fingerprint density at radius 1 is 1.22 bits per heavy atom. The lowest BCUT2D eigenvalue weighted by Crippen LogP contribution is -2.05. The maximum Gasteiger partial charge on any atom is 0.298 e. The largest absolute Gasteiger partial charge is 0.425 e. The van der Waals surface area contributed by atoms with Gasteiger partial charge in [-0.25, -0.2) is 18.9 Å². The number of nitrogens with zero attached hydrogens (tertiary/aromatic N) is 5. The highest BCUT2D eigenvalue weighted by Gasteiger charge is 2.14. The van der Waals surface area contributed by atoms with Crippen LogP contribution in [0.3, 0.4) is 0 Å². The molecule has 0 spiro atoms. The number of anilines is 2. The van der Waals surface area contributed by atoms with Crippen molar-refractivity contribution in [2.45, 2.75) is 6.92 Å². The Kier molecular flexibility index (Phi) is 4.17. The molecule has 4 heterocycles. The average Bonchev–Trinajstić information content (AvgIpc) is 3.15. The van der Waals surface area contributed by atoms with Crippen LogP contribution in [0.15, 0.2) is 48.9 Å². The minimum atomic E-state index is -0.397. The average molecular weight is 364 g/mol. The summed E-state index contributed by atoms with van der Waals surface area (Å²) in [4.78, 5) is 23.4. The van der Waals surface area contributed by atoms with E-state index < -0.39 is 5.82 Å². The summed E-state index contributed by atoms with van der Waals surface area (Å²) in [6.45, 7) is 1.90. The Morgan fingerprint density at radius 2 is 2.11 bits per heavy atom. The molecular weight excluding hydrogens is 351 g/mol. The molecule has 8 nitrogen and oxygen atoms in total. The first-order chi connectivity index (χ1) is 13.2. The van der Waals surface area contributed by atoms with Crippen LogP contribution < -0.4 is 10.1 Å². The van der Waals surface area contributed by atoms with E-state index in [9.17, 15) is 9.18 Å². The van der Waals surface area contributed by atoms with Gasteiger partial charge in [0.25, 0.3) is 6.47 Å². The molecule has 0 saturated heterocycles. The number of rotatable bonds is 5. The second-order valence-corrected chi connectivity index (χ2v) is 5.60. The van der Waals surface area contributed by atoms with E-state index in [1.165, 1.54) is 18.3 Å². The number of halogens is 1. The predicted octanol–water partition coefficient (Wildman–Crippen LogP) is 2.91. The van der Waals surface area contributed by atoms with Gasteiger partial charge in [0, 0.05) is 12.4 Å². The number of hydrogen-bond donors (Lipinski definition) is 1. The summed E-state index contributed by atoms with van der Waals surface area (Å²) in [5.41, 5.74) is 1.90. The first-order valence-corrected chi connectivity index (χ1v) is 7.96. The molecule has 134 valence electrons. The van der Waals surface area contributed by atoms with Gasteiger partial charge in [-0.1, -0.05) is 0 Å². The molecule has 0 aliphatic heterocycles. The van der Waals surface area contributed by atoms with E-state index in [1.807, 2.05) is 12.1 Å². The monoisotopic (exact) mass is 364 g/mol. The van der Waals surface area contributed by atoms with Gasteiger partial charge in [-0.2, -0.15) is 0 Å². The molecule has 0 aliphatic rings. The third-order valence-electron chi connectivity index (χ3n) is 3.85. The summed E-state index contributed by atoms with van der Waals surface area (Å²) in [6.07, 6.45) is 4.73. The zero-order chi connectivity index (χ0) is 18.8. The van der Waals surface area contributed by atoms with E-state index in [0.717, 1.165) is 0 Å². The van der Waals surface area contributed by atoms with Crippen molar-refractivity contribution in [1.29, 1.82) is 0 Å². The molecule has 0 amide bonds. The molecular formula is C18H13FN6O2. The number of carbonyl (C=O) groups is 1. The number of aryl methyl sites for hydroxylation is 1.